The van der Waals surface area contributed by atoms with Crippen LogP contribution < -0.4 is 5.32 Å². The molecular weight excluding hydrogens is 419 g/mol. The first-order chi connectivity index (χ1) is 13.6. The van der Waals surface area contributed by atoms with Gasteiger partial charge in [0.1, 0.15) is 0 Å². The first kappa shape index (κ1) is 23.5. The van der Waals surface area contributed by atoms with Crippen molar-refractivity contribution in [3.05, 3.63) is 72.6 Å². The van der Waals surface area contributed by atoms with Crippen molar-refractivity contribution in [2.75, 3.05) is 27.2 Å². The number of fused-ring (bicyclic) bond motifs is 3. The van der Waals surface area contributed by atoms with Crippen molar-refractivity contribution in [1.82, 2.24) is 20.2 Å². The third-order valence-corrected chi connectivity index (χ3v) is 4.77. The van der Waals surface area contributed by atoms with Crippen LogP contribution in [0.5, 0.6) is 0 Å². The minimum absolute atomic E-state index is 0. The van der Waals surface area contributed by atoms with Gasteiger partial charge < -0.3 is 10.2 Å². The van der Waals surface area contributed by atoms with Crippen LogP contribution in [-0.2, 0) is 0 Å². The van der Waals surface area contributed by atoms with Crippen LogP contribution in [0.3, 0.4) is 0 Å². The molecule has 2 heterocycles. The summed E-state index contributed by atoms with van der Waals surface area (Å²) in [6, 6.07) is 17.9. The van der Waals surface area contributed by atoms with Gasteiger partial charge in [0.05, 0.1) is 16.8 Å². The lowest BCUT2D eigenvalue weighted by Gasteiger charge is -2.14. The molecule has 0 aliphatic rings. The maximum absolute atomic E-state index is 12.8. The van der Waals surface area contributed by atoms with Gasteiger partial charge in [0.15, 0.2) is 0 Å². The summed E-state index contributed by atoms with van der Waals surface area (Å²) in [7, 11) is 3.97. The number of amides is 1. The third kappa shape index (κ3) is 4.70. The number of carbonyl (C=O) groups is 1. The number of hydrogen-bond acceptors (Lipinski definition) is 4. The summed E-state index contributed by atoms with van der Waals surface area (Å²) in [6.45, 7) is 1.38. The molecule has 156 valence electrons. The summed E-state index contributed by atoms with van der Waals surface area (Å²) in [5, 5.41) is 6.13. The average Bonchev–Trinajstić information content (AvgIpc) is 2.73. The molecule has 0 atom stereocenters. The molecule has 0 radical (unpaired) electrons. The zero-order valence-corrected chi connectivity index (χ0v) is 18.5. The van der Waals surface area contributed by atoms with Gasteiger partial charge in [-0.2, -0.15) is 0 Å². The van der Waals surface area contributed by atoms with Crippen LogP contribution in [-0.4, -0.2) is 48.0 Å². The van der Waals surface area contributed by atoms with Gasteiger partial charge in [-0.1, -0.05) is 36.4 Å². The van der Waals surface area contributed by atoms with E-state index in [0.29, 0.717) is 12.1 Å². The normalized spacial score (nSPS) is 10.5. The van der Waals surface area contributed by atoms with E-state index in [0.717, 1.165) is 39.5 Å². The Morgan fingerprint density at radius 1 is 0.900 bits per heavy atom. The lowest BCUT2D eigenvalue weighted by atomic mass is 9.98. The van der Waals surface area contributed by atoms with E-state index >= 15 is 0 Å². The van der Waals surface area contributed by atoms with Crippen LogP contribution >= 0.6 is 24.8 Å². The van der Waals surface area contributed by atoms with E-state index in [2.05, 4.69) is 22.4 Å². The smallest absolute Gasteiger partial charge is 0.253 e. The first-order valence-electron chi connectivity index (χ1n) is 9.30. The Labute approximate surface area is 188 Å². The second kappa shape index (κ2) is 10.3. The molecule has 0 spiro atoms. The Hall–Kier alpha value is -2.73. The number of rotatable bonds is 5. The number of para-hydroxylation sites is 1. The third-order valence-electron chi connectivity index (χ3n) is 4.77. The molecule has 5 nitrogen and oxygen atoms in total. The number of hydrogen-bond donors (Lipinski definition) is 1. The quantitative estimate of drug-likeness (QED) is 0.459. The fraction of sp³-hybridized carbons (Fsp3) is 0.174. The number of nitrogens with one attached hydrogen (secondary N) is 1. The summed E-state index contributed by atoms with van der Waals surface area (Å²) in [6.07, 6.45) is 3.52. The predicted octanol–water partition coefficient (Wildman–Crippen LogP) is 4.59. The summed E-state index contributed by atoms with van der Waals surface area (Å²) >= 11 is 0. The molecule has 7 heteroatoms. The molecule has 0 bridgehead atoms. The summed E-state index contributed by atoms with van der Waals surface area (Å²) in [5.74, 6) is -0.101. The highest BCUT2D eigenvalue weighted by Gasteiger charge is 2.16. The Morgan fingerprint density at radius 3 is 2.27 bits per heavy atom. The maximum Gasteiger partial charge on any atom is 0.253 e. The van der Waals surface area contributed by atoms with Crippen LogP contribution in [0.15, 0.2) is 67.0 Å². The number of nitrogens with zero attached hydrogens (tertiary/aromatic N) is 3. The van der Waals surface area contributed by atoms with Crippen molar-refractivity contribution in [3.8, 4) is 11.3 Å². The standard InChI is InChI=1S/C23H22N4O.2ClH/c1-27(2)15-14-25-23(28)20-9-5-8-19-17-6-3-4-7-18(17)21(26-22(19)20)16-10-12-24-13-11-16;;/h3-13H,14-15H2,1-2H3,(H,25,28);2*1H. The molecule has 30 heavy (non-hydrogen) atoms. The second-order valence-corrected chi connectivity index (χ2v) is 7.00. The Morgan fingerprint density at radius 2 is 1.57 bits per heavy atom. The summed E-state index contributed by atoms with van der Waals surface area (Å²) < 4.78 is 0. The average molecular weight is 443 g/mol. The molecule has 1 amide bonds. The second-order valence-electron chi connectivity index (χ2n) is 7.00. The molecule has 4 aromatic rings. The highest BCUT2D eigenvalue weighted by Crippen LogP contribution is 2.33. The van der Waals surface area contributed by atoms with Gasteiger partial charge in [0, 0.05) is 41.8 Å². The molecule has 0 aliphatic heterocycles. The molecule has 4 rings (SSSR count). The van der Waals surface area contributed by atoms with Crippen molar-refractivity contribution in [3.63, 3.8) is 0 Å². The van der Waals surface area contributed by atoms with Crippen LogP contribution in [0, 0.1) is 0 Å². The number of halogens is 2. The van der Waals surface area contributed by atoms with Crippen LogP contribution in [0.2, 0.25) is 0 Å². The van der Waals surface area contributed by atoms with E-state index in [-0.39, 0.29) is 30.7 Å². The lowest BCUT2D eigenvalue weighted by molar-refractivity contribution is 0.0952. The number of aromatic nitrogens is 2. The minimum atomic E-state index is -0.101. The van der Waals surface area contributed by atoms with Crippen molar-refractivity contribution < 1.29 is 4.79 Å². The van der Waals surface area contributed by atoms with Crippen molar-refractivity contribution in [2.45, 2.75) is 0 Å². The first-order valence-corrected chi connectivity index (χ1v) is 9.30. The summed E-state index contributed by atoms with van der Waals surface area (Å²) in [5.41, 5.74) is 3.16. The maximum atomic E-state index is 12.8. The number of benzene rings is 2. The molecule has 2 aromatic carbocycles. The highest BCUT2D eigenvalue weighted by atomic mass is 35.5. The summed E-state index contributed by atoms with van der Waals surface area (Å²) in [4.78, 5) is 23.9. The van der Waals surface area contributed by atoms with Gasteiger partial charge in [-0.15, -0.1) is 24.8 Å². The fourth-order valence-electron chi connectivity index (χ4n) is 3.38. The van der Waals surface area contributed by atoms with E-state index in [1.807, 2.05) is 61.5 Å². The van der Waals surface area contributed by atoms with Crippen LogP contribution in [0.1, 0.15) is 10.4 Å². The van der Waals surface area contributed by atoms with Crippen molar-refractivity contribution in [1.29, 1.82) is 0 Å². The lowest BCUT2D eigenvalue weighted by Crippen LogP contribution is -2.31. The molecule has 0 unspecified atom stereocenters. The molecule has 2 aromatic heterocycles. The Kier molecular flexibility index (Phi) is 8.12. The number of likely N-dealkylation sites (N-methyl/N-ethyl adjacent to an activating group) is 1. The van der Waals surface area contributed by atoms with Gasteiger partial charge in [0.2, 0.25) is 0 Å². The monoisotopic (exact) mass is 442 g/mol. The van der Waals surface area contributed by atoms with E-state index in [9.17, 15) is 4.79 Å². The fourth-order valence-corrected chi connectivity index (χ4v) is 3.38. The Bertz CT molecular complexity index is 1150. The molecule has 0 saturated carbocycles. The number of carbonyl (C=O) groups excluding carboxylic acids is 1. The van der Waals surface area contributed by atoms with Crippen LogP contribution in [0.25, 0.3) is 32.9 Å². The van der Waals surface area contributed by atoms with E-state index < -0.39 is 0 Å². The molecule has 1 N–H and O–H groups in total. The molecule has 0 saturated heterocycles. The highest BCUT2D eigenvalue weighted by molar-refractivity contribution is 6.16. The van der Waals surface area contributed by atoms with Gasteiger partial charge in [0.25, 0.3) is 5.91 Å². The SMILES string of the molecule is CN(C)CCNC(=O)c1cccc2c1nc(-c1ccncc1)c1ccccc12.Cl.Cl. The molecular formula is C23H24Cl2N4O. The topological polar surface area (TPSA) is 58.1 Å². The van der Waals surface area contributed by atoms with Crippen molar-refractivity contribution in [2.24, 2.45) is 0 Å². The largest absolute Gasteiger partial charge is 0.351 e. The zero-order valence-electron chi connectivity index (χ0n) is 16.8. The van der Waals surface area contributed by atoms with E-state index in [4.69, 9.17) is 4.98 Å². The van der Waals surface area contributed by atoms with Gasteiger partial charge in [-0.3, -0.25) is 9.78 Å². The van der Waals surface area contributed by atoms with Crippen molar-refractivity contribution >= 4 is 52.4 Å². The van der Waals surface area contributed by atoms with Crippen LogP contribution in [0.4, 0.5) is 0 Å². The van der Waals surface area contributed by atoms with E-state index in [1.165, 1.54) is 0 Å². The van der Waals surface area contributed by atoms with Gasteiger partial charge >= 0.3 is 0 Å². The predicted molar refractivity (Wildman–Crippen MR) is 128 cm³/mol. The van der Waals surface area contributed by atoms with Gasteiger partial charge in [-0.05, 0) is 37.7 Å². The Balaban J connectivity index is 0.00000160. The molecule has 0 aliphatic carbocycles. The van der Waals surface area contributed by atoms with Gasteiger partial charge in [-0.25, -0.2) is 4.98 Å². The number of pyridine rings is 2. The zero-order chi connectivity index (χ0) is 19.5. The van der Waals surface area contributed by atoms with E-state index in [1.54, 1.807) is 12.4 Å². The minimum Gasteiger partial charge on any atom is -0.351 e. The molecule has 0 fully saturated rings.